The molecular formula is C44H86O2. The van der Waals surface area contributed by atoms with Crippen LogP contribution in [0.25, 0.3) is 0 Å². The van der Waals surface area contributed by atoms with Crippen LogP contribution in [0.1, 0.15) is 264 Å². The van der Waals surface area contributed by atoms with E-state index in [4.69, 9.17) is 0 Å². The van der Waals surface area contributed by atoms with Crippen molar-refractivity contribution in [3.63, 3.8) is 0 Å². The molecule has 46 heavy (non-hydrogen) atoms. The van der Waals surface area contributed by atoms with E-state index in [1.54, 1.807) is 0 Å². The Hall–Kier alpha value is -0.790. The lowest BCUT2D eigenvalue weighted by Gasteiger charge is -2.05. The van der Waals surface area contributed by atoms with Crippen molar-refractivity contribution in [1.82, 2.24) is 0 Å². The van der Waals surface area contributed by atoms with Crippen LogP contribution in [0, 0.1) is 0 Å². The van der Waals surface area contributed by atoms with Gasteiger partial charge in [-0.2, -0.15) is 0 Å². The van der Waals surface area contributed by atoms with Crippen molar-refractivity contribution < 1.29 is 9.90 Å². The Bertz CT molecular complexity index is 609. The van der Waals surface area contributed by atoms with Crippen molar-refractivity contribution in [3.05, 3.63) is 11.6 Å². The van der Waals surface area contributed by atoms with Gasteiger partial charge in [0.1, 0.15) is 0 Å². The average Bonchev–Trinajstić information content (AvgIpc) is 3.05. The lowest BCUT2D eigenvalue weighted by atomic mass is 10.0. The van der Waals surface area contributed by atoms with E-state index in [0.717, 1.165) is 25.7 Å². The summed E-state index contributed by atoms with van der Waals surface area (Å²) in [4.78, 5) is 11.7. The van der Waals surface area contributed by atoms with Crippen LogP contribution >= 0.6 is 0 Å². The first-order valence-corrected chi connectivity index (χ1v) is 21.6. The van der Waals surface area contributed by atoms with Crippen LogP contribution in [0.3, 0.4) is 0 Å². The van der Waals surface area contributed by atoms with Crippen LogP contribution < -0.4 is 0 Å². The first-order chi connectivity index (χ1) is 22.7. The Morgan fingerprint density at radius 2 is 0.565 bits per heavy atom. The molecule has 0 fully saturated rings. The lowest BCUT2D eigenvalue weighted by Crippen LogP contribution is -2.00. The van der Waals surface area contributed by atoms with E-state index >= 15 is 0 Å². The molecule has 0 unspecified atom stereocenters. The molecule has 0 aromatic rings. The van der Waals surface area contributed by atoms with Gasteiger partial charge >= 0.3 is 5.97 Å². The molecule has 1 N–H and O–H groups in total. The maximum Gasteiger partial charge on any atom is 0.331 e. The fourth-order valence-corrected chi connectivity index (χ4v) is 7.01. The molecule has 0 bridgehead atoms. The van der Waals surface area contributed by atoms with Crippen LogP contribution in [0.5, 0.6) is 0 Å². The van der Waals surface area contributed by atoms with Crippen LogP contribution in [-0.4, -0.2) is 11.1 Å². The topological polar surface area (TPSA) is 37.3 Å². The van der Waals surface area contributed by atoms with Crippen molar-refractivity contribution in [1.29, 1.82) is 0 Å². The minimum absolute atomic E-state index is 0.665. The number of rotatable bonds is 40. The summed E-state index contributed by atoms with van der Waals surface area (Å²) in [6.07, 6.45) is 55.0. The standard InChI is InChI=1S/C44H86O2/c1-3-5-7-9-11-13-15-17-19-21-22-23-24-25-26-28-30-32-34-36-38-40-42-43(44(45)46)41-39-37-35-33-31-29-27-20-18-16-14-12-10-8-6-4-2/h41H,3-40,42H2,1-2H3,(H,45,46). The Labute approximate surface area is 291 Å². The van der Waals surface area contributed by atoms with Gasteiger partial charge < -0.3 is 5.11 Å². The van der Waals surface area contributed by atoms with Crippen molar-refractivity contribution in [3.8, 4) is 0 Å². The maximum atomic E-state index is 11.7. The number of carbonyl (C=O) groups is 1. The van der Waals surface area contributed by atoms with E-state index in [-0.39, 0.29) is 0 Å². The summed E-state index contributed by atoms with van der Waals surface area (Å²) in [6, 6.07) is 0. The molecule has 0 heterocycles. The SMILES string of the molecule is CCCCCCCCCCCCCCCCCC=C(CCCCCCCCCCCCCCCCCCCCCCCC)C(=O)O. The van der Waals surface area contributed by atoms with Crippen molar-refractivity contribution in [2.75, 3.05) is 0 Å². The summed E-state index contributed by atoms with van der Waals surface area (Å²) in [7, 11) is 0. The molecule has 0 aliphatic carbocycles. The fraction of sp³-hybridized carbons (Fsp3) is 0.932. The van der Waals surface area contributed by atoms with Gasteiger partial charge in [0.25, 0.3) is 0 Å². The molecule has 274 valence electrons. The first kappa shape index (κ1) is 45.2. The van der Waals surface area contributed by atoms with Crippen LogP contribution in [0.2, 0.25) is 0 Å². The molecule has 0 aliphatic rings. The second-order valence-electron chi connectivity index (χ2n) is 14.9. The fourth-order valence-electron chi connectivity index (χ4n) is 7.01. The molecule has 0 aliphatic heterocycles. The zero-order valence-corrected chi connectivity index (χ0v) is 32.0. The van der Waals surface area contributed by atoms with E-state index in [9.17, 15) is 9.90 Å². The second kappa shape index (κ2) is 40.4. The number of hydrogen-bond acceptors (Lipinski definition) is 1. The minimum atomic E-state index is -0.690. The molecule has 0 saturated heterocycles. The minimum Gasteiger partial charge on any atom is -0.478 e. The number of unbranched alkanes of at least 4 members (excludes halogenated alkanes) is 36. The molecule has 0 radical (unpaired) electrons. The average molecular weight is 647 g/mol. The Morgan fingerprint density at radius 1 is 0.348 bits per heavy atom. The van der Waals surface area contributed by atoms with Crippen LogP contribution in [0.15, 0.2) is 11.6 Å². The quantitative estimate of drug-likeness (QED) is 0.0531. The highest BCUT2D eigenvalue weighted by Crippen LogP contribution is 2.18. The van der Waals surface area contributed by atoms with Crippen molar-refractivity contribution in [2.45, 2.75) is 264 Å². The van der Waals surface area contributed by atoms with Gasteiger partial charge in [0.15, 0.2) is 0 Å². The predicted molar refractivity (Wildman–Crippen MR) is 207 cm³/mol. The Kier molecular flexibility index (Phi) is 39.7. The smallest absolute Gasteiger partial charge is 0.331 e. The Morgan fingerprint density at radius 3 is 0.804 bits per heavy atom. The summed E-state index contributed by atoms with van der Waals surface area (Å²) in [5.41, 5.74) is 0.665. The largest absolute Gasteiger partial charge is 0.478 e. The molecule has 0 aromatic carbocycles. The van der Waals surface area contributed by atoms with E-state index < -0.39 is 5.97 Å². The molecule has 0 amide bonds. The van der Waals surface area contributed by atoms with E-state index in [0.29, 0.717) is 5.57 Å². The third kappa shape index (κ3) is 37.7. The number of allylic oxidation sites excluding steroid dienone is 1. The van der Waals surface area contributed by atoms with Gasteiger partial charge in [-0.1, -0.05) is 245 Å². The summed E-state index contributed by atoms with van der Waals surface area (Å²) >= 11 is 0. The molecule has 0 aromatic heterocycles. The maximum absolute atomic E-state index is 11.7. The first-order valence-electron chi connectivity index (χ1n) is 21.6. The highest BCUT2D eigenvalue weighted by molar-refractivity contribution is 5.86. The summed E-state index contributed by atoms with van der Waals surface area (Å²) < 4.78 is 0. The summed E-state index contributed by atoms with van der Waals surface area (Å²) in [5, 5.41) is 9.60. The molecule has 2 heteroatoms. The molecule has 2 nitrogen and oxygen atoms in total. The number of carboxylic acid groups (broad SMARTS) is 1. The van der Waals surface area contributed by atoms with Crippen molar-refractivity contribution >= 4 is 5.97 Å². The zero-order chi connectivity index (χ0) is 33.4. The third-order valence-corrected chi connectivity index (χ3v) is 10.3. The van der Waals surface area contributed by atoms with Gasteiger partial charge in [0, 0.05) is 5.57 Å². The normalized spacial score (nSPS) is 11.9. The predicted octanol–water partition coefficient (Wildman–Crippen LogP) is 16.3. The highest BCUT2D eigenvalue weighted by Gasteiger charge is 2.06. The molecule has 0 atom stereocenters. The molecular weight excluding hydrogens is 560 g/mol. The number of hydrogen-bond donors (Lipinski definition) is 1. The van der Waals surface area contributed by atoms with Crippen LogP contribution in [-0.2, 0) is 4.79 Å². The molecule has 0 saturated carbocycles. The van der Waals surface area contributed by atoms with E-state index in [1.807, 2.05) is 6.08 Å². The third-order valence-electron chi connectivity index (χ3n) is 10.3. The second-order valence-corrected chi connectivity index (χ2v) is 14.9. The van der Waals surface area contributed by atoms with Gasteiger partial charge in [0.05, 0.1) is 0 Å². The molecule has 0 rings (SSSR count). The van der Waals surface area contributed by atoms with Gasteiger partial charge in [-0.15, -0.1) is 0 Å². The Balaban J connectivity index is 3.40. The summed E-state index contributed by atoms with van der Waals surface area (Å²) in [6.45, 7) is 4.59. The van der Waals surface area contributed by atoms with Crippen LogP contribution in [0.4, 0.5) is 0 Å². The zero-order valence-electron chi connectivity index (χ0n) is 32.0. The van der Waals surface area contributed by atoms with Crippen molar-refractivity contribution in [2.24, 2.45) is 0 Å². The highest BCUT2D eigenvalue weighted by atomic mass is 16.4. The van der Waals surface area contributed by atoms with E-state index in [2.05, 4.69) is 13.8 Å². The van der Waals surface area contributed by atoms with Gasteiger partial charge in [-0.05, 0) is 25.7 Å². The van der Waals surface area contributed by atoms with Gasteiger partial charge in [0.2, 0.25) is 0 Å². The monoisotopic (exact) mass is 647 g/mol. The lowest BCUT2D eigenvalue weighted by molar-refractivity contribution is -0.132. The van der Waals surface area contributed by atoms with E-state index in [1.165, 1.54) is 225 Å². The number of aliphatic carboxylic acids is 1. The van der Waals surface area contributed by atoms with Gasteiger partial charge in [-0.3, -0.25) is 0 Å². The summed E-state index contributed by atoms with van der Waals surface area (Å²) in [5.74, 6) is -0.690. The molecule has 0 spiro atoms. The van der Waals surface area contributed by atoms with Gasteiger partial charge in [-0.25, -0.2) is 4.79 Å². The number of carboxylic acids is 1.